The smallest absolute Gasteiger partial charge is 0.252 e. The Balaban J connectivity index is 2.15. The molecule has 0 fully saturated rings. The Hall–Kier alpha value is -2.36. The molecule has 104 valence electrons. The summed E-state index contributed by atoms with van der Waals surface area (Å²) in [4.78, 5) is 12.2. The lowest BCUT2D eigenvalue weighted by Gasteiger charge is -2.15. The molecule has 1 amide bonds. The molecule has 0 aliphatic heterocycles. The zero-order valence-electron chi connectivity index (χ0n) is 11.5. The fourth-order valence-corrected chi connectivity index (χ4v) is 2.08. The van der Waals surface area contributed by atoms with E-state index in [0.717, 1.165) is 11.1 Å². The van der Waals surface area contributed by atoms with Crippen LogP contribution in [0, 0.1) is 12.7 Å². The van der Waals surface area contributed by atoms with Crippen molar-refractivity contribution >= 4 is 11.6 Å². The van der Waals surface area contributed by atoms with Gasteiger partial charge in [0.15, 0.2) is 0 Å². The van der Waals surface area contributed by atoms with Crippen molar-refractivity contribution in [1.82, 2.24) is 5.32 Å². The van der Waals surface area contributed by atoms with Crippen molar-refractivity contribution in [3.63, 3.8) is 0 Å². The molecular weight excluding hydrogens is 255 g/mol. The predicted octanol–water partition coefficient (Wildman–Crippen LogP) is 3.21. The van der Waals surface area contributed by atoms with Gasteiger partial charge in [0.2, 0.25) is 0 Å². The Kier molecular flexibility index (Phi) is 4.03. The van der Waals surface area contributed by atoms with Crippen LogP contribution < -0.4 is 11.1 Å². The number of aryl methyl sites for hydroxylation is 1. The number of nitrogen functional groups attached to an aromatic ring is 1. The first kappa shape index (κ1) is 14.1. The van der Waals surface area contributed by atoms with Crippen molar-refractivity contribution in [3.05, 3.63) is 65.0 Å². The van der Waals surface area contributed by atoms with Crippen LogP contribution in [0.5, 0.6) is 0 Å². The molecule has 0 aliphatic rings. The zero-order chi connectivity index (χ0) is 14.7. The van der Waals surface area contributed by atoms with Crippen molar-refractivity contribution in [2.75, 3.05) is 5.73 Å². The van der Waals surface area contributed by atoms with Crippen molar-refractivity contribution in [2.24, 2.45) is 0 Å². The van der Waals surface area contributed by atoms with E-state index in [9.17, 15) is 9.18 Å². The molecule has 0 saturated heterocycles. The minimum Gasteiger partial charge on any atom is -0.399 e. The number of hydrogen-bond acceptors (Lipinski definition) is 2. The quantitative estimate of drug-likeness (QED) is 0.843. The normalized spacial score (nSPS) is 11.9. The van der Waals surface area contributed by atoms with Gasteiger partial charge in [0.25, 0.3) is 5.91 Å². The standard InChI is InChI=1S/C16H17FN2O/c1-10-8-14(18)6-7-15(10)16(20)19-11(2)12-4-3-5-13(17)9-12/h3-9,11H,18H2,1-2H3,(H,19,20). The summed E-state index contributed by atoms with van der Waals surface area (Å²) in [5.74, 6) is -0.508. The van der Waals surface area contributed by atoms with Gasteiger partial charge in [-0.15, -0.1) is 0 Å². The summed E-state index contributed by atoms with van der Waals surface area (Å²) in [7, 11) is 0. The van der Waals surface area contributed by atoms with Crippen LogP contribution in [-0.2, 0) is 0 Å². The molecule has 0 spiro atoms. The molecule has 0 aliphatic carbocycles. The number of benzene rings is 2. The molecule has 2 rings (SSSR count). The molecule has 2 aromatic carbocycles. The third-order valence-corrected chi connectivity index (χ3v) is 3.19. The van der Waals surface area contributed by atoms with Gasteiger partial charge >= 0.3 is 0 Å². The van der Waals surface area contributed by atoms with Crippen LogP contribution in [0.4, 0.5) is 10.1 Å². The Morgan fingerprint density at radius 1 is 1.25 bits per heavy atom. The first-order chi connectivity index (χ1) is 9.47. The summed E-state index contributed by atoms with van der Waals surface area (Å²) in [6, 6.07) is 11.1. The Bertz CT molecular complexity index is 640. The highest BCUT2D eigenvalue weighted by molar-refractivity contribution is 5.96. The number of hydrogen-bond donors (Lipinski definition) is 2. The van der Waals surface area contributed by atoms with E-state index in [1.807, 2.05) is 13.8 Å². The Morgan fingerprint density at radius 2 is 2.00 bits per heavy atom. The SMILES string of the molecule is Cc1cc(N)ccc1C(=O)NC(C)c1cccc(F)c1. The molecule has 3 N–H and O–H groups in total. The monoisotopic (exact) mass is 272 g/mol. The van der Waals surface area contributed by atoms with Crippen LogP contribution in [0.25, 0.3) is 0 Å². The fraction of sp³-hybridized carbons (Fsp3) is 0.188. The summed E-state index contributed by atoms with van der Waals surface area (Å²) in [6.07, 6.45) is 0. The molecule has 1 unspecified atom stereocenters. The average molecular weight is 272 g/mol. The van der Waals surface area contributed by atoms with E-state index in [4.69, 9.17) is 5.73 Å². The summed E-state index contributed by atoms with van der Waals surface area (Å²) in [6.45, 7) is 3.65. The minimum absolute atomic E-state index is 0.195. The van der Waals surface area contributed by atoms with Gasteiger partial charge in [-0.05, 0) is 55.3 Å². The number of carbonyl (C=O) groups excluding carboxylic acids is 1. The van der Waals surface area contributed by atoms with E-state index in [1.54, 1.807) is 30.3 Å². The van der Waals surface area contributed by atoms with Gasteiger partial charge in [-0.25, -0.2) is 4.39 Å². The second-order valence-corrected chi connectivity index (χ2v) is 4.82. The van der Waals surface area contributed by atoms with Gasteiger partial charge in [0, 0.05) is 11.3 Å². The highest BCUT2D eigenvalue weighted by atomic mass is 19.1. The van der Waals surface area contributed by atoms with E-state index >= 15 is 0 Å². The van der Waals surface area contributed by atoms with E-state index in [1.165, 1.54) is 12.1 Å². The number of nitrogens with one attached hydrogen (secondary N) is 1. The minimum atomic E-state index is -0.313. The first-order valence-electron chi connectivity index (χ1n) is 6.40. The van der Waals surface area contributed by atoms with E-state index in [0.29, 0.717) is 11.3 Å². The van der Waals surface area contributed by atoms with Gasteiger partial charge in [-0.3, -0.25) is 4.79 Å². The van der Waals surface area contributed by atoms with Crippen LogP contribution in [-0.4, -0.2) is 5.91 Å². The van der Waals surface area contributed by atoms with Gasteiger partial charge in [0.05, 0.1) is 6.04 Å². The van der Waals surface area contributed by atoms with E-state index in [2.05, 4.69) is 5.32 Å². The molecule has 0 heterocycles. The number of carbonyl (C=O) groups is 1. The topological polar surface area (TPSA) is 55.1 Å². The molecule has 20 heavy (non-hydrogen) atoms. The lowest BCUT2D eigenvalue weighted by Crippen LogP contribution is -2.27. The van der Waals surface area contributed by atoms with Crippen molar-refractivity contribution < 1.29 is 9.18 Å². The average Bonchev–Trinajstić information content (AvgIpc) is 2.38. The summed E-state index contributed by atoms with van der Waals surface area (Å²) in [5, 5.41) is 2.85. The highest BCUT2D eigenvalue weighted by Gasteiger charge is 2.13. The molecule has 0 radical (unpaired) electrons. The summed E-state index contributed by atoms with van der Waals surface area (Å²) in [5.41, 5.74) is 8.40. The first-order valence-corrected chi connectivity index (χ1v) is 6.40. The lowest BCUT2D eigenvalue weighted by molar-refractivity contribution is 0.0939. The van der Waals surface area contributed by atoms with Gasteiger partial charge < -0.3 is 11.1 Å². The van der Waals surface area contributed by atoms with Crippen molar-refractivity contribution in [3.8, 4) is 0 Å². The molecule has 0 saturated carbocycles. The highest BCUT2D eigenvalue weighted by Crippen LogP contribution is 2.16. The Morgan fingerprint density at radius 3 is 2.65 bits per heavy atom. The lowest BCUT2D eigenvalue weighted by atomic mass is 10.0. The third-order valence-electron chi connectivity index (χ3n) is 3.19. The molecule has 4 heteroatoms. The number of rotatable bonds is 3. The van der Waals surface area contributed by atoms with Crippen molar-refractivity contribution in [1.29, 1.82) is 0 Å². The summed E-state index contributed by atoms with van der Waals surface area (Å²) < 4.78 is 13.2. The largest absolute Gasteiger partial charge is 0.399 e. The number of nitrogens with two attached hydrogens (primary N) is 1. The van der Waals surface area contributed by atoms with E-state index < -0.39 is 0 Å². The zero-order valence-corrected chi connectivity index (χ0v) is 11.5. The third kappa shape index (κ3) is 3.15. The Labute approximate surface area is 117 Å². The molecule has 0 aromatic heterocycles. The number of anilines is 1. The summed E-state index contributed by atoms with van der Waals surface area (Å²) >= 11 is 0. The van der Waals surface area contributed by atoms with Crippen molar-refractivity contribution in [2.45, 2.75) is 19.9 Å². The molecule has 1 atom stereocenters. The van der Waals surface area contributed by atoms with Crippen LogP contribution in [0.3, 0.4) is 0 Å². The van der Waals surface area contributed by atoms with Gasteiger partial charge in [-0.2, -0.15) is 0 Å². The molecular formula is C16H17FN2O. The number of halogens is 1. The number of amides is 1. The maximum absolute atomic E-state index is 13.2. The van der Waals surface area contributed by atoms with Crippen LogP contribution in [0.1, 0.15) is 34.5 Å². The molecule has 3 nitrogen and oxygen atoms in total. The van der Waals surface area contributed by atoms with Gasteiger partial charge in [0.1, 0.15) is 5.82 Å². The fourth-order valence-electron chi connectivity index (χ4n) is 2.08. The van der Waals surface area contributed by atoms with Crippen LogP contribution >= 0.6 is 0 Å². The van der Waals surface area contributed by atoms with Gasteiger partial charge in [-0.1, -0.05) is 12.1 Å². The second kappa shape index (κ2) is 5.74. The van der Waals surface area contributed by atoms with Crippen LogP contribution in [0.2, 0.25) is 0 Å². The predicted molar refractivity (Wildman–Crippen MR) is 77.9 cm³/mol. The molecule has 0 bridgehead atoms. The second-order valence-electron chi connectivity index (χ2n) is 4.82. The van der Waals surface area contributed by atoms with Crippen LogP contribution in [0.15, 0.2) is 42.5 Å². The van der Waals surface area contributed by atoms with E-state index in [-0.39, 0.29) is 17.8 Å². The maximum Gasteiger partial charge on any atom is 0.252 e. The maximum atomic E-state index is 13.2. The molecule has 2 aromatic rings.